The summed E-state index contributed by atoms with van der Waals surface area (Å²) in [4.78, 5) is 0. The van der Waals surface area contributed by atoms with Crippen LogP contribution in [-0.2, 0) is 24.2 Å². The zero-order chi connectivity index (χ0) is 27.7. The van der Waals surface area contributed by atoms with Crippen LogP contribution in [0.4, 0.5) is 0 Å². The van der Waals surface area contributed by atoms with Gasteiger partial charge in [-0.1, -0.05) is 90.5 Å². The van der Waals surface area contributed by atoms with Gasteiger partial charge in [0.05, 0.1) is 19.8 Å². The van der Waals surface area contributed by atoms with E-state index in [1.165, 1.54) is 82.7 Å². The highest BCUT2D eigenvalue weighted by Gasteiger charge is 2.32. The monoisotopic (exact) mass is 532 g/mol. The maximum Gasteiger partial charge on any atom is 0.119 e. The van der Waals surface area contributed by atoms with Crippen molar-refractivity contribution in [2.45, 2.75) is 39.4 Å². The average Bonchev–Trinajstić information content (AvgIpc) is 3.17. The summed E-state index contributed by atoms with van der Waals surface area (Å²) in [7, 11) is 1.76. The molecule has 1 aliphatic carbocycles. The molecule has 41 heavy (non-hydrogen) atoms. The lowest BCUT2D eigenvalue weighted by Gasteiger charge is -2.30. The Morgan fingerprint density at radius 2 is 1.37 bits per heavy atom. The van der Waals surface area contributed by atoms with Gasteiger partial charge in [-0.2, -0.15) is 0 Å². The van der Waals surface area contributed by atoms with Crippen LogP contribution in [-0.4, -0.2) is 7.11 Å². The average molecular weight is 533 g/mol. The Morgan fingerprint density at radius 3 is 2.20 bits per heavy atom. The van der Waals surface area contributed by atoms with E-state index in [2.05, 4.69) is 111 Å². The van der Waals surface area contributed by atoms with Crippen molar-refractivity contribution in [3.8, 4) is 39.1 Å². The van der Waals surface area contributed by atoms with Crippen molar-refractivity contribution in [3.63, 3.8) is 0 Å². The first-order valence-corrected chi connectivity index (χ1v) is 14.6. The summed E-state index contributed by atoms with van der Waals surface area (Å²) >= 11 is 0. The molecule has 200 valence electrons. The lowest BCUT2D eigenvalue weighted by molar-refractivity contribution is 0.0554. The first kappa shape index (κ1) is 24.4. The van der Waals surface area contributed by atoms with E-state index in [0.29, 0.717) is 6.61 Å². The lowest BCUT2D eigenvalue weighted by Crippen LogP contribution is -2.10. The topological polar surface area (TPSA) is 18.5 Å². The minimum atomic E-state index is -0.0624. The summed E-state index contributed by atoms with van der Waals surface area (Å²) in [5.41, 5.74) is 14.5. The molecule has 0 fully saturated rings. The van der Waals surface area contributed by atoms with E-state index in [1.54, 1.807) is 7.11 Å². The summed E-state index contributed by atoms with van der Waals surface area (Å²) in [5, 5.41) is 5.05. The second-order valence-corrected chi connectivity index (χ2v) is 11.6. The SMILES string of the molecule is COc1ccc2ccc3c(c2c1)-c1c(cc(-c2ccc(C)cc2)c2c1-c1c(ccc4ccccc14)CO[C@H]2C)CC3. The molecule has 0 saturated carbocycles. The summed E-state index contributed by atoms with van der Waals surface area (Å²) < 4.78 is 12.4. The molecule has 2 heteroatoms. The van der Waals surface area contributed by atoms with Crippen LogP contribution in [0.2, 0.25) is 0 Å². The Morgan fingerprint density at radius 1 is 0.659 bits per heavy atom. The van der Waals surface area contributed by atoms with E-state index in [4.69, 9.17) is 9.47 Å². The second kappa shape index (κ2) is 9.33. The normalized spacial score (nSPS) is 15.5. The largest absolute Gasteiger partial charge is 0.497 e. The van der Waals surface area contributed by atoms with E-state index < -0.39 is 0 Å². The van der Waals surface area contributed by atoms with Crippen LogP contribution in [0.15, 0.2) is 97.1 Å². The molecule has 0 amide bonds. The van der Waals surface area contributed by atoms with Crippen molar-refractivity contribution in [2.75, 3.05) is 7.11 Å². The van der Waals surface area contributed by atoms with Crippen molar-refractivity contribution in [1.82, 2.24) is 0 Å². The van der Waals surface area contributed by atoms with E-state index in [1.807, 2.05) is 0 Å². The van der Waals surface area contributed by atoms with Gasteiger partial charge in [-0.25, -0.2) is 0 Å². The Labute approximate surface area is 241 Å². The Hall–Kier alpha value is -4.40. The maximum absolute atomic E-state index is 6.67. The molecule has 1 atom stereocenters. The summed E-state index contributed by atoms with van der Waals surface area (Å²) in [5.74, 6) is 0.892. The van der Waals surface area contributed by atoms with Crippen LogP contribution >= 0.6 is 0 Å². The number of aryl methyl sites for hydroxylation is 3. The molecular formula is C39H32O2. The highest BCUT2D eigenvalue weighted by molar-refractivity contribution is 6.10. The molecule has 1 heterocycles. The zero-order valence-electron chi connectivity index (χ0n) is 23.8. The number of benzene rings is 6. The fourth-order valence-corrected chi connectivity index (χ4v) is 7.16. The minimum absolute atomic E-state index is 0.0624. The van der Waals surface area contributed by atoms with Gasteiger partial charge in [0.15, 0.2) is 0 Å². The molecule has 0 unspecified atom stereocenters. The number of fused-ring (bicyclic) bond motifs is 11. The molecule has 8 rings (SSSR count). The summed E-state index contributed by atoms with van der Waals surface area (Å²) in [6, 6.07) is 35.9. The fourth-order valence-electron chi connectivity index (χ4n) is 7.16. The van der Waals surface area contributed by atoms with Crippen LogP contribution in [0.5, 0.6) is 5.75 Å². The van der Waals surface area contributed by atoms with E-state index in [0.717, 1.165) is 18.6 Å². The second-order valence-electron chi connectivity index (χ2n) is 11.6. The third kappa shape index (κ3) is 3.74. The van der Waals surface area contributed by atoms with Gasteiger partial charge in [0, 0.05) is 0 Å². The van der Waals surface area contributed by atoms with Crippen LogP contribution in [0.3, 0.4) is 0 Å². The number of methoxy groups -OCH3 is 1. The third-order valence-electron chi connectivity index (χ3n) is 9.20. The molecule has 0 spiro atoms. The quantitative estimate of drug-likeness (QED) is 0.221. The number of ether oxygens (including phenoxy) is 2. The number of hydrogen-bond acceptors (Lipinski definition) is 2. The van der Waals surface area contributed by atoms with Gasteiger partial charge in [-0.3, -0.25) is 0 Å². The molecule has 0 aromatic heterocycles. The Balaban J connectivity index is 1.59. The predicted octanol–water partition coefficient (Wildman–Crippen LogP) is 10.0. The molecule has 2 aliphatic rings. The zero-order valence-corrected chi connectivity index (χ0v) is 23.8. The summed E-state index contributed by atoms with van der Waals surface area (Å²) in [6.45, 7) is 4.97. The van der Waals surface area contributed by atoms with Crippen LogP contribution in [0, 0.1) is 6.92 Å². The molecule has 0 N–H and O–H groups in total. The maximum atomic E-state index is 6.67. The van der Waals surface area contributed by atoms with Crippen LogP contribution < -0.4 is 4.74 Å². The molecule has 2 nitrogen and oxygen atoms in total. The van der Waals surface area contributed by atoms with Gasteiger partial charge in [0.2, 0.25) is 0 Å². The van der Waals surface area contributed by atoms with E-state index in [-0.39, 0.29) is 6.10 Å². The molecule has 0 bridgehead atoms. The Kier molecular flexibility index (Phi) is 5.55. The van der Waals surface area contributed by atoms with Crippen molar-refractivity contribution in [1.29, 1.82) is 0 Å². The molecule has 6 aromatic carbocycles. The van der Waals surface area contributed by atoms with Crippen molar-refractivity contribution >= 4 is 21.5 Å². The minimum Gasteiger partial charge on any atom is -0.497 e. The standard InChI is InChI=1S/C39H32O2/c1-23-8-10-26(11-9-23)33-20-29-16-15-28-14-12-27-18-19-31(40-3)21-34(27)36(28)38(29)39-35(33)24(2)41-22-30-17-13-25-6-4-5-7-32(25)37(30)39/h4-14,17-21,24H,15-16,22H2,1-3H3/t24-/m0/s1. The summed E-state index contributed by atoms with van der Waals surface area (Å²) in [6.07, 6.45) is 1.97. The van der Waals surface area contributed by atoms with Gasteiger partial charge >= 0.3 is 0 Å². The number of rotatable bonds is 2. The highest BCUT2D eigenvalue weighted by Crippen LogP contribution is 2.53. The third-order valence-corrected chi connectivity index (χ3v) is 9.20. The molecule has 6 aromatic rings. The lowest BCUT2D eigenvalue weighted by atomic mass is 9.74. The van der Waals surface area contributed by atoms with E-state index >= 15 is 0 Å². The first-order chi connectivity index (χ1) is 20.1. The molecule has 0 radical (unpaired) electrons. The van der Waals surface area contributed by atoms with Gasteiger partial charge in [-0.05, 0) is 116 Å². The predicted molar refractivity (Wildman–Crippen MR) is 170 cm³/mol. The van der Waals surface area contributed by atoms with Crippen molar-refractivity contribution in [3.05, 3.63) is 125 Å². The molecule has 0 saturated heterocycles. The van der Waals surface area contributed by atoms with Crippen molar-refractivity contribution in [2.24, 2.45) is 0 Å². The molecule has 1 aliphatic heterocycles. The van der Waals surface area contributed by atoms with Gasteiger partial charge in [-0.15, -0.1) is 0 Å². The van der Waals surface area contributed by atoms with Gasteiger partial charge < -0.3 is 9.47 Å². The van der Waals surface area contributed by atoms with Gasteiger partial charge in [0.25, 0.3) is 0 Å². The smallest absolute Gasteiger partial charge is 0.119 e. The van der Waals surface area contributed by atoms with Crippen LogP contribution in [0.25, 0.3) is 54.9 Å². The fraction of sp³-hybridized carbons (Fsp3) is 0.179. The highest BCUT2D eigenvalue weighted by atomic mass is 16.5. The van der Waals surface area contributed by atoms with Crippen LogP contribution in [0.1, 0.15) is 40.8 Å². The van der Waals surface area contributed by atoms with Gasteiger partial charge in [0.1, 0.15) is 5.75 Å². The van der Waals surface area contributed by atoms with Crippen molar-refractivity contribution < 1.29 is 9.47 Å². The Bertz CT molecular complexity index is 1990. The van der Waals surface area contributed by atoms with E-state index in [9.17, 15) is 0 Å². The first-order valence-electron chi connectivity index (χ1n) is 14.6. The number of hydrogen-bond donors (Lipinski definition) is 0. The molecular weight excluding hydrogens is 500 g/mol.